The molecule has 5 heteroatoms. The Kier molecular flexibility index (Phi) is 6.49. The fourth-order valence-electron chi connectivity index (χ4n) is 2.93. The van der Waals surface area contributed by atoms with Crippen molar-refractivity contribution in [2.45, 2.75) is 65.8 Å². The van der Waals surface area contributed by atoms with Crippen LogP contribution in [0.4, 0.5) is 4.79 Å². The third-order valence-corrected chi connectivity index (χ3v) is 4.21. The van der Waals surface area contributed by atoms with Gasteiger partial charge in [0.1, 0.15) is 6.04 Å². The van der Waals surface area contributed by atoms with Gasteiger partial charge < -0.3 is 15.3 Å². The molecule has 122 valence electrons. The maximum atomic E-state index is 12.3. The highest BCUT2D eigenvalue weighted by atomic mass is 16.4. The molecule has 1 aliphatic heterocycles. The first-order valence-corrected chi connectivity index (χ1v) is 8.04. The van der Waals surface area contributed by atoms with Crippen molar-refractivity contribution in [3.8, 4) is 0 Å². The van der Waals surface area contributed by atoms with E-state index in [0.717, 1.165) is 25.9 Å². The number of carbonyl (C=O) groups is 2. The quantitative estimate of drug-likeness (QED) is 0.838. The van der Waals surface area contributed by atoms with Crippen LogP contribution >= 0.6 is 0 Å². The van der Waals surface area contributed by atoms with E-state index in [2.05, 4.69) is 12.2 Å². The number of aliphatic carboxylic acids is 1. The van der Waals surface area contributed by atoms with Gasteiger partial charge in [-0.2, -0.15) is 0 Å². The molecule has 1 saturated heterocycles. The van der Waals surface area contributed by atoms with Gasteiger partial charge in [0.15, 0.2) is 0 Å². The van der Waals surface area contributed by atoms with Gasteiger partial charge >= 0.3 is 12.0 Å². The Bertz CT molecular complexity index is 363. The number of nitrogens with zero attached hydrogens (tertiary/aromatic N) is 1. The minimum Gasteiger partial charge on any atom is -0.480 e. The second kappa shape index (κ2) is 7.66. The Labute approximate surface area is 128 Å². The Balaban J connectivity index is 2.60. The third kappa shape index (κ3) is 5.56. The van der Waals surface area contributed by atoms with Gasteiger partial charge in [-0.15, -0.1) is 0 Å². The SMILES string of the molecule is CCCC1CCCN(C(=O)N[C@@H](C(=O)O)C(C)(C)C)CC1. The van der Waals surface area contributed by atoms with E-state index in [1.807, 2.05) is 20.8 Å². The molecule has 0 aliphatic carbocycles. The molecule has 0 aromatic heterocycles. The van der Waals surface area contributed by atoms with Crippen LogP contribution in [0.2, 0.25) is 0 Å². The minimum absolute atomic E-state index is 0.241. The Morgan fingerprint density at radius 3 is 2.48 bits per heavy atom. The van der Waals surface area contributed by atoms with Crippen molar-refractivity contribution < 1.29 is 14.7 Å². The van der Waals surface area contributed by atoms with Crippen molar-refractivity contribution in [3.63, 3.8) is 0 Å². The average molecular weight is 298 g/mol. The van der Waals surface area contributed by atoms with E-state index in [1.165, 1.54) is 19.3 Å². The summed E-state index contributed by atoms with van der Waals surface area (Å²) in [5, 5.41) is 12.0. The predicted molar refractivity (Wildman–Crippen MR) is 83.2 cm³/mol. The second-order valence-electron chi connectivity index (χ2n) is 7.16. The summed E-state index contributed by atoms with van der Waals surface area (Å²) in [6.07, 6.45) is 5.59. The average Bonchev–Trinajstić information content (AvgIpc) is 2.60. The molecule has 2 amide bonds. The zero-order valence-corrected chi connectivity index (χ0v) is 13.8. The van der Waals surface area contributed by atoms with E-state index in [-0.39, 0.29) is 6.03 Å². The molecule has 0 aromatic carbocycles. The number of amides is 2. The first-order chi connectivity index (χ1) is 9.75. The van der Waals surface area contributed by atoms with Gasteiger partial charge in [-0.05, 0) is 30.6 Å². The molecule has 0 spiro atoms. The van der Waals surface area contributed by atoms with Crippen molar-refractivity contribution in [1.82, 2.24) is 10.2 Å². The lowest BCUT2D eigenvalue weighted by Crippen LogP contribution is -2.53. The van der Waals surface area contributed by atoms with E-state index in [4.69, 9.17) is 0 Å². The Hall–Kier alpha value is -1.26. The summed E-state index contributed by atoms with van der Waals surface area (Å²) in [6, 6.07) is -1.10. The van der Waals surface area contributed by atoms with E-state index in [9.17, 15) is 14.7 Å². The Morgan fingerprint density at radius 1 is 1.29 bits per heavy atom. The lowest BCUT2D eigenvalue weighted by molar-refractivity contribution is -0.142. The van der Waals surface area contributed by atoms with Gasteiger partial charge in [0.25, 0.3) is 0 Å². The molecule has 2 N–H and O–H groups in total. The standard InChI is InChI=1S/C16H30N2O3/c1-5-7-12-8-6-10-18(11-9-12)15(21)17-13(14(19)20)16(2,3)4/h12-13H,5-11H2,1-4H3,(H,17,21)(H,19,20)/t12?,13-/m0/s1. The highest BCUT2D eigenvalue weighted by Gasteiger charge is 2.34. The van der Waals surface area contributed by atoms with Gasteiger partial charge in [0.2, 0.25) is 0 Å². The summed E-state index contributed by atoms with van der Waals surface area (Å²) in [7, 11) is 0. The molecule has 1 aliphatic rings. The minimum atomic E-state index is -0.977. The molecule has 1 heterocycles. The number of urea groups is 1. The number of carbonyl (C=O) groups excluding carboxylic acids is 1. The number of hydrogen-bond donors (Lipinski definition) is 2. The molecule has 0 aromatic rings. The fraction of sp³-hybridized carbons (Fsp3) is 0.875. The molecule has 0 saturated carbocycles. The van der Waals surface area contributed by atoms with Gasteiger partial charge in [0.05, 0.1) is 0 Å². The molecule has 1 fully saturated rings. The highest BCUT2D eigenvalue weighted by Crippen LogP contribution is 2.23. The van der Waals surface area contributed by atoms with Gasteiger partial charge in [-0.3, -0.25) is 0 Å². The normalized spacial score (nSPS) is 21.5. The van der Waals surface area contributed by atoms with Crippen LogP contribution < -0.4 is 5.32 Å². The first-order valence-electron chi connectivity index (χ1n) is 8.04. The van der Waals surface area contributed by atoms with Crippen LogP contribution in [0.1, 0.15) is 59.8 Å². The van der Waals surface area contributed by atoms with E-state index in [1.54, 1.807) is 4.90 Å². The fourth-order valence-corrected chi connectivity index (χ4v) is 2.93. The van der Waals surface area contributed by atoms with Crippen molar-refractivity contribution >= 4 is 12.0 Å². The van der Waals surface area contributed by atoms with E-state index in [0.29, 0.717) is 5.92 Å². The first kappa shape index (κ1) is 17.8. The van der Waals surface area contributed by atoms with Crippen LogP contribution in [0.3, 0.4) is 0 Å². The van der Waals surface area contributed by atoms with Crippen molar-refractivity contribution in [3.05, 3.63) is 0 Å². The molecule has 5 nitrogen and oxygen atoms in total. The number of hydrogen-bond acceptors (Lipinski definition) is 2. The molecule has 0 bridgehead atoms. The number of carboxylic acid groups (broad SMARTS) is 1. The largest absolute Gasteiger partial charge is 0.480 e. The summed E-state index contributed by atoms with van der Waals surface area (Å²) in [5.41, 5.74) is -0.502. The molecule has 2 atom stereocenters. The van der Waals surface area contributed by atoms with Crippen LogP contribution in [0.5, 0.6) is 0 Å². The molecule has 1 unspecified atom stereocenters. The monoisotopic (exact) mass is 298 g/mol. The summed E-state index contributed by atoms with van der Waals surface area (Å²) < 4.78 is 0. The maximum Gasteiger partial charge on any atom is 0.326 e. The van der Waals surface area contributed by atoms with Crippen molar-refractivity contribution in [2.75, 3.05) is 13.1 Å². The number of carboxylic acids is 1. The van der Waals surface area contributed by atoms with Gasteiger partial charge in [-0.25, -0.2) is 9.59 Å². The van der Waals surface area contributed by atoms with Crippen LogP contribution in [-0.4, -0.2) is 41.1 Å². The number of likely N-dealkylation sites (tertiary alicyclic amines) is 1. The predicted octanol–water partition coefficient (Wildman–Crippen LogP) is 3.10. The highest BCUT2D eigenvalue weighted by molar-refractivity contribution is 5.83. The second-order valence-corrected chi connectivity index (χ2v) is 7.16. The Morgan fingerprint density at radius 2 is 1.95 bits per heavy atom. The van der Waals surface area contributed by atoms with Crippen molar-refractivity contribution in [2.24, 2.45) is 11.3 Å². The van der Waals surface area contributed by atoms with Crippen LogP contribution in [0.25, 0.3) is 0 Å². The van der Waals surface area contributed by atoms with Gasteiger partial charge in [-0.1, -0.05) is 40.5 Å². The zero-order valence-electron chi connectivity index (χ0n) is 13.8. The lowest BCUT2D eigenvalue weighted by atomic mass is 9.87. The van der Waals surface area contributed by atoms with Crippen LogP contribution in [0.15, 0.2) is 0 Å². The number of nitrogens with one attached hydrogen (secondary N) is 1. The van der Waals surface area contributed by atoms with E-state index < -0.39 is 17.4 Å². The molecule has 21 heavy (non-hydrogen) atoms. The molecular formula is C16H30N2O3. The van der Waals surface area contributed by atoms with Crippen LogP contribution in [-0.2, 0) is 4.79 Å². The zero-order chi connectivity index (χ0) is 16.0. The summed E-state index contributed by atoms with van der Waals surface area (Å²) in [4.78, 5) is 25.4. The summed E-state index contributed by atoms with van der Waals surface area (Å²) in [6.45, 7) is 9.12. The third-order valence-electron chi connectivity index (χ3n) is 4.21. The van der Waals surface area contributed by atoms with E-state index >= 15 is 0 Å². The van der Waals surface area contributed by atoms with Gasteiger partial charge in [0, 0.05) is 13.1 Å². The summed E-state index contributed by atoms with van der Waals surface area (Å²) >= 11 is 0. The van der Waals surface area contributed by atoms with Crippen LogP contribution in [0, 0.1) is 11.3 Å². The maximum absolute atomic E-state index is 12.3. The smallest absolute Gasteiger partial charge is 0.326 e. The molecular weight excluding hydrogens is 268 g/mol. The molecule has 1 rings (SSSR count). The van der Waals surface area contributed by atoms with Crippen molar-refractivity contribution in [1.29, 1.82) is 0 Å². The lowest BCUT2D eigenvalue weighted by Gasteiger charge is -2.30. The topological polar surface area (TPSA) is 69.6 Å². The summed E-state index contributed by atoms with van der Waals surface area (Å²) in [5.74, 6) is -0.278. The molecule has 0 radical (unpaired) electrons. The number of rotatable bonds is 4.